The van der Waals surface area contributed by atoms with Crippen LogP contribution in [0.1, 0.15) is 32.3 Å². The molecule has 0 radical (unpaired) electrons. The lowest BCUT2D eigenvalue weighted by Crippen LogP contribution is -2.45. The first kappa shape index (κ1) is 18.5. The minimum atomic E-state index is -0.0482. The van der Waals surface area contributed by atoms with Crippen molar-refractivity contribution in [3.8, 4) is 11.5 Å². The zero-order chi connectivity index (χ0) is 18.5. The molecule has 138 valence electrons. The Balaban J connectivity index is 1.59. The van der Waals surface area contributed by atoms with Crippen molar-refractivity contribution in [1.29, 1.82) is 0 Å². The Bertz CT molecular complexity index is 746. The van der Waals surface area contributed by atoms with Crippen molar-refractivity contribution in [3.05, 3.63) is 54.1 Å². The topological polar surface area (TPSA) is 33.7 Å². The van der Waals surface area contributed by atoms with Gasteiger partial charge in [0.15, 0.2) is 22.7 Å². The monoisotopic (exact) mass is 370 g/mol. The van der Waals surface area contributed by atoms with Crippen molar-refractivity contribution in [2.45, 2.75) is 32.8 Å². The first-order chi connectivity index (χ1) is 12.6. The van der Waals surface area contributed by atoms with E-state index in [1.807, 2.05) is 24.3 Å². The van der Waals surface area contributed by atoms with Crippen molar-refractivity contribution in [2.75, 3.05) is 25.0 Å². The molecule has 0 bridgehead atoms. The molecule has 1 atom stereocenters. The number of nitrogens with zero attached hydrogens (tertiary/aromatic N) is 1. The van der Waals surface area contributed by atoms with Crippen LogP contribution in [0.5, 0.6) is 11.5 Å². The van der Waals surface area contributed by atoms with Gasteiger partial charge in [0.25, 0.3) is 0 Å². The fourth-order valence-electron chi connectivity index (χ4n) is 2.91. The van der Waals surface area contributed by atoms with Crippen LogP contribution in [-0.4, -0.2) is 35.8 Å². The molecule has 0 fully saturated rings. The molecule has 1 aliphatic heterocycles. The molecule has 3 rings (SSSR count). The number of fused-ring (bicyclic) bond motifs is 1. The zero-order valence-electron chi connectivity index (χ0n) is 15.6. The normalized spacial score (nSPS) is 15.6. The molecule has 0 saturated heterocycles. The molecule has 26 heavy (non-hydrogen) atoms. The van der Waals surface area contributed by atoms with Crippen LogP contribution in [0.15, 0.2) is 48.5 Å². The zero-order valence-corrected chi connectivity index (χ0v) is 16.4. The van der Waals surface area contributed by atoms with Crippen LogP contribution in [0.3, 0.4) is 0 Å². The molecule has 0 aromatic heterocycles. The molecule has 1 N–H and O–H groups in total. The van der Waals surface area contributed by atoms with Gasteiger partial charge in [-0.15, -0.1) is 0 Å². The van der Waals surface area contributed by atoms with E-state index < -0.39 is 0 Å². The van der Waals surface area contributed by atoms with E-state index in [-0.39, 0.29) is 6.10 Å². The Kier molecular flexibility index (Phi) is 5.99. The number of thiocarbonyl (C=S) groups is 1. The minimum absolute atomic E-state index is 0.0482. The molecule has 1 aliphatic rings. The summed E-state index contributed by atoms with van der Waals surface area (Å²) in [5.74, 6) is 2.12. The lowest BCUT2D eigenvalue weighted by Gasteiger charge is -2.32. The smallest absolute Gasteiger partial charge is 0.173 e. The summed E-state index contributed by atoms with van der Waals surface area (Å²) in [5.41, 5.74) is 2.32. The van der Waals surface area contributed by atoms with E-state index in [1.54, 1.807) is 0 Å². The highest BCUT2D eigenvalue weighted by atomic mass is 32.1. The van der Waals surface area contributed by atoms with E-state index >= 15 is 0 Å². The molecule has 0 amide bonds. The summed E-state index contributed by atoms with van der Waals surface area (Å²) >= 11 is 5.61. The molecule has 0 saturated carbocycles. The Morgan fingerprint density at radius 1 is 1.15 bits per heavy atom. The van der Waals surface area contributed by atoms with Gasteiger partial charge in [-0.2, -0.15) is 0 Å². The average Bonchev–Trinajstić information content (AvgIpc) is 2.66. The number of hydrogen-bond acceptors (Lipinski definition) is 3. The number of para-hydroxylation sites is 2. The molecular weight excluding hydrogens is 344 g/mol. The van der Waals surface area contributed by atoms with Gasteiger partial charge in [-0.3, -0.25) is 0 Å². The van der Waals surface area contributed by atoms with Gasteiger partial charge < -0.3 is 19.7 Å². The van der Waals surface area contributed by atoms with E-state index in [4.69, 9.17) is 21.7 Å². The van der Waals surface area contributed by atoms with Crippen molar-refractivity contribution in [2.24, 2.45) is 0 Å². The van der Waals surface area contributed by atoms with Crippen molar-refractivity contribution >= 4 is 23.0 Å². The van der Waals surface area contributed by atoms with Crippen LogP contribution in [0.4, 0.5) is 5.69 Å². The highest BCUT2D eigenvalue weighted by Gasteiger charge is 2.23. The lowest BCUT2D eigenvalue weighted by atomic mass is 10.0. The number of likely N-dealkylation sites (N-methyl/N-ethyl adjacent to an activating group) is 1. The highest BCUT2D eigenvalue weighted by molar-refractivity contribution is 7.80. The van der Waals surface area contributed by atoms with Gasteiger partial charge in [0.05, 0.1) is 6.54 Å². The first-order valence-corrected chi connectivity index (χ1v) is 9.52. The summed E-state index contributed by atoms with van der Waals surface area (Å²) in [4.78, 5) is 2.10. The maximum atomic E-state index is 6.05. The van der Waals surface area contributed by atoms with Gasteiger partial charge in [-0.25, -0.2) is 0 Å². The standard InChI is InChI=1S/C21H26N2O2S/c1-4-23(13-18-14-24-19-7-5-6-8-20(19)25-18)21(26)22-17-11-9-16(10-12-17)15(2)3/h5-12,15,18H,4,13-14H2,1-3H3,(H,22,26)/t18-/m1/s1. The Labute approximate surface area is 161 Å². The number of anilines is 1. The SMILES string of the molecule is CCN(C[C@@H]1COc2ccccc2O1)C(=S)Nc1ccc(C(C)C)cc1. The minimum Gasteiger partial charge on any atom is -0.486 e. The summed E-state index contributed by atoms with van der Waals surface area (Å²) < 4.78 is 11.9. The van der Waals surface area contributed by atoms with Crippen LogP contribution >= 0.6 is 12.2 Å². The van der Waals surface area contributed by atoms with E-state index in [0.29, 0.717) is 24.2 Å². The third-order valence-electron chi connectivity index (χ3n) is 4.49. The van der Waals surface area contributed by atoms with E-state index in [0.717, 1.165) is 23.7 Å². The number of rotatable bonds is 5. The quantitative estimate of drug-likeness (QED) is 0.774. The molecular formula is C21H26N2O2S. The van der Waals surface area contributed by atoms with E-state index in [9.17, 15) is 0 Å². The van der Waals surface area contributed by atoms with Crippen LogP contribution in [-0.2, 0) is 0 Å². The number of ether oxygens (including phenoxy) is 2. The number of hydrogen-bond donors (Lipinski definition) is 1. The third-order valence-corrected chi connectivity index (χ3v) is 4.85. The Hall–Kier alpha value is -2.27. The van der Waals surface area contributed by atoms with Crippen molar-refractivity contribution in [3.63, 3.8) is 0 Å². The van der Waals surface area contributed by atoms with Gasteiger partial charge in [-0.1, -0.05) is 38.1 Å². The van der Waals surface area contributed by atoms with Crippen LogP contribution < -0.4 is 14.8 Å². The van der Waals surface area contributed by atoms with E-state index in [2.05, 4.69) is 55.3 Å². The maximum absolute atomic E-state index is 6.05. The van der Waals surface area contributed by atoms with Gasteiger partial charge in [-0.05, 0) is 54.9 Å². The largest absolute Gasteiger partial charge is 0.486 e. The number of nitrogens with one attached hydrogen (secondary N) is 1. The van der Waals surface area contributed by atoms with Gasteiger partial charge in [0.1, 0.15) is 6.61 Å². The average molecular weight is 371 g/mol. The van der Waals surface area contributed by atoms with Crippen LogP contribution in [0.25, 0.3) is 0 Å². The van der Waals surface area contributed by atoms with E-state index in [1.165, 1.54) is 5.56 Å². The molecule has 5 heteroatoms. The molecule has 4 nitrogen and oxygen atoms in total. The van der Waals surface area contributed by atoms with Crippen LogP contribution in [0, 0.1) is 0 Å². The summed E-state index contributed by atoms with van der Waals surface area (Å²) in [6, 6.07) is 16.2. The molecule has 0 spiro atoms. The Morgan fingerprint density at radius 3 is 2.50 bits per heavy atom. The third kappa shape index (κ3) is 4.47. The summed E-state index contributed by atoms with van der Waals surface area (Å²) in [6.45, 7) is 8.48. The van der Waals surface area contributed by atoms with Crippen LogP contribution in [0.2, 0.25) is 0 Å². The van der Waals surface area contributed by atoms with Gasteiger partial charge in [0.2, 0.25) is 0 Å². The highest BCUT2D eigenvalue weighted by Crippen LogP contribution is 2.31. The molecule has 1 heterocycles. The van der Waals surface area contributed by atoms with Crippen molar-refractivity contribution < 1.29 is 9.47 Å². The second-order valence-corrected chi connectivity index (χ2v) is 7.13. The summed E-state index contributed by atoms with van der Waals surface area (Å²) in [7, 11) is 0. The Morgan fingerprint density at radius 2 is 1.85 bits per heavy atom. The second kappa shape index (κ2) is 8.41. The maximum Gasteiger partial charge on any atom is 0.173 e. The van der Waals surface area contributed by atoms with Gasteiger partial charge >= 0.3 is 0 Å². The number of benzene rings is 2. The molecule has 0 aliphatic carbocycles. The fourth-order valence-corrected chi connectivity index (χ4v) is 3.23. The first-order valence-electron chi connectivity index (χ1n) is 9.11. The van der Waals surface area contributed by atoms with Crippen molar-refractivity contribution in [1.82, 2.24) is 4.90 Å². The van der Waals surface area contributed by atoms with Gasteiger partial charge in [0, 0.05) is 12.2 Å². The molecule has 2 aromatic carbocycles. The molecule has 0 unspecified atom stereocenters. The summed E-state index contributed by atoms with van der Waals surface area (Å²) in [5, 5.41) is 4.03. The summed E-state index contributed by atoms with van der Waals surface area (Å²) in [6.07, 6.45) is -0.0482. The predicted molar refractivity (Wildman–Crippen MR) is 110 cm³/mol. The molecule has 2 aromatic rings. The predicted octanol–water partition coefficient (Wildman–Crippen LogP) is 4.67. The second-order valence-electron chi connectivity index (χ2n) is 6.74. The lowest BCUT2D eigenvalue weighted by molar-refractivity contribution is 0.0754. The fraction of sp³-hybridized carbons (Fsp3) is 0.381.